The van der Waals surface area contributed by atoms with Gasteiger partial charge in [-0.3, -0.25) is 9.69 Å². The molecule has 0 bridgehead atoms. The number of piperazine rings is 1. The Labute approximate surface area is 145 Å². The van der Waals surface area contributed by atoms with Gasteiger partial charge in [-0.15, -0.1) is 24.8 Å². The van der Waals surface area contributed by atoms with Crippen molar-refractivity contribution in [3.05, 3.63) is 0 Å². The van der Waals surface area contributed by atoms with E-state index in [1.165, 1.54) is 0 Å². The van der Waals surface area contributed by atoms with E-state index in [4.69, 9.17) is 10.5 Å². The van der Waals surface area contributed by atoms with Crippen molar-refractivity contribution in [1.82, 2.24) is 9.80 Å². The SMILES string of the molecule is Cl.Cl.NC1(C(=O)N2CCN(C3CCOCC3)CC2)CCCC1. The Morgan fingerprint density at radius 1 is 1.00 bits per heavy atom. The number of amides is 1. The van der Waals surface area contributed by atoms with Gasteiger partial charge in [0.15, 0.2) is 0 Å². The second-order valence-corrected chi connectivity index (χ2v) is 6.53. The number of hydrogen-bond acceptors (Lipinski definition) is 4. The molecule has 3 fully saturated rings. The van der Waals surface area contributed by atoms with Gasteiger partial charge in [-0.1, -0.05) is 12.8 Å². The van der Waals surface area contributed by atoms with E-state index in [0.29, 0.717) is 6.04 Å². The molecule has 2 N–H and O–H groups in total. The number of carbonyl (C=O) groups is 1. The number of hydrogen-bond donors (Lipinski definition) is 1. The van der Waals surface area contributed by atoms with Crippen LogP contribution in [0.5, 0.6) is 0 Å². The first-order chi connectivity index (χ1) is 9.69. The van der Waals surface area contributed by atoms with Crippen molar-refractivity contribution >= 4 is 30.7 Å². The van der Waals surface area contributed by atoms with Crippen LogP contribution in [0.3, 0.4) is 0 Å². The number of rotatable bonds is 2. The Hall–Kier alpha value is -0.0700. The molecule has 0 aromatic carbocycles. The highest BCUT2D eigenvalue weighted by Crippen LogP contribution is 2.29. The molecular formula is C15H29Cl2N3O2. The molecule has 7 heteroatoms. The molecule has 2 aliphatic heterocycles. The fourth-order valence-electron chi connectivity index (χ4n) is 3.88. The fraction of sp³-hybridized carbons (Fsp3) is 0.933. The molecule has 0 atom stereocenters. The van der Waals surface area contributed by atoms with Crippen LogP contribution < -0.4 is 5.73 Å². The smallest absolute Gasteiger partial charge is 0.242 e. The molecule has 1 amide bonds. The maximum atomic E-state index is 12.6. The van der Waals surface area contributed by atoms with Crippen molar-refractivity contribution in [2.24, 2.45) is 5.73 Å². The maximum Gasteiger partial charge on any atom is 0.242 e. The molecule has 22 heavy (non-hydrogen) atoms. The van der Waals surface area contributed by atoms with Gasteiger partial charge in [0, 0.05) is 45.4 Å². The summed E-state index contributed by atoms with van der Waals surface area (Å²) in [7, 11) is 0. The van der Waals surface area contributed by atoms with Crippen molar-refractivity contribution in [3.8, 4) is 0 Å². The van der Waals surface area contributed by atoms with Gasteiger partial charge in [-0.25, -0.2) is 0 Å². The van der Waals surface area contributed by atoms with Crippen LogP contribution in [0.4, 0.5) is 0 Å². The highest BCUT2D eigenvalue weighted by molar-refractivity contribution is 5.86. The zero-order chi connectivity index (χ0) is 14.0. The van der Waals surface area contributed by atoms with Crippen molar-refractivity contribution in [1.29, 1.82) is 0 Å². The predicted molar refractivity (Wildman–Crippen MR) is 91.9 cm³/mol. The Morgan fingerprint density at radius 3 is 2.09 bits per heavy atom. The zero-order valence-corrected chi connectivity index (χ0v) is 14.8. The lowest BCUT2D eigenvalue weighted by Gasteiger charge is -2.42. The third-order valence-corrected chi connectivity index (χ3v) is 5.23. The van der Waals surface area contributed by atoms with Crippen molar-refractivity contribution in [2.45, 2.75) is 50.1 Å². The highest BCUT2D eigenvalue weighted by Gasteiger charge is 2.40. The van der Waals surface area contributed by atoms with E-state index >= 15 is 0 Å². The van der Waals surface area contributed by atoms with Gasteiger partial charge < -0.3 is 15.4 Å². The van der Waals surface area contributed by atoms with Gasteiger partial charge in [0.05, 0.1) is 5.54 Å². The van der Waals surface area contributed by atoms with E-state index in [-0.39, 0.29) is 30.7 Å². The minimum Gasteiger partial charge on any atom is -0.381 e. The molecule has 0 aromatic rings. The van der Waals surface area contributed by atoms with Gasteiger partial charge in [0.1, 0.15) is 0 Å². The molecule has 2 saturated heterocycles. The van der Waals surface area contributed by atoms with Crippen molar-refractivity contribution in [3.63, 3.8) is 0 Å². The molecular weight excluding hydrogens is 325 g/mol. The summed E-state index contributed by atoms with van der Waals surface area (Å²) in [5, 5.41) is 0. The van der Waals surface area contributed by atoms with Crippen LogP contribution in [0.15, 0.2) is 0 Å². The summed E-state index contributed by atoms with van der Waals surface area (Å²) in [6.07, 6.45) is 6.20. The zero-order valence-electron chi connectivity index (χ0n) is 13.2. The standard InChI is InChI=1S/C15H27N3O2.2ClH/c16-15(5-1-2-6-15)14(19)18-9-7-17(8-10-18)13-3-11-20-12-4-13;;/h13H,1-12,16H2;2*1H. The van der Waals surface area contributed by atoms with Gasteiger partial charge in [-0.2, -0.15) is 0 Å². The summed E-state index contributed by atoms with van der Waals surface area (Å²) in [4.78, 5) is 17.1. The number of carbonyl (C=O) groups excluding carboxylic acids is 1. The summed E-state index contributed by atoms with van der Waals surface area (Å²) in [6.45, 7) is 5.44. The van der Waals surface area contributed by atoms with Crippen LogP contribution in [-0.4, -0.2) is 66.7 Å². The average molecular weight is 354 g/mol. The minimum absolute atomic E-state index is 0. The van der Waals surface area contributed by atoms with Crippen LogP contribution >= 0.6 is 24.8 Å². The molecule has 5 nitrogen and oxygen atoms in total. The van der Waals surface area contributed by atoms with Gasteiger partial charge in [0.2, 0.25) is 5.91 Å². The van der Waals surface area contributed by atoms with Crippen LogP contribution in [0.1, 0.15) is 38.5 Å². The lowest BCUT2D eigenvalue weighted by Crippen LogP contribution is -2.59. The molecule has 1 aliphatic carbocycles. The average Bonchev–Trinajstić information content (AvgIpc) is 2.96. The topological polar surface area (TPSA) is 58.8 Å². The molecule has 0 radical (unpaired) electrons. The Balaban J connectivity index is 0.00000121. The first-order valence-corrected chi connectivity index (χ1v) is 8.09. The molecule has 0 unspecified atom stereocenters. The molecule has 0 spiro atoms. The van der Waals surface area contributed by atoms with E-state index in [0.717, 1.165) is 77.9 Å². The first kappa shape index (κ1) is 20.0. The molecule has 0 aromatic heterocycles. The third-order valence-electron chi connectivity index (χ3n) is 5.23. The van der Waals surface area contributed by atoms with Crippen LogP contribution in [0.2, 0.25) is 0 Å². The molecule has 130 valence electrons. The Kier molecular flexibility index (Phi) is 7.89. The largest absolute Gasteiger partial charge is 0.381 e. The molecule has 3 rings (SSSR count). The normalized spacial score (nSPS) is 26.1. The summed E-state index contributed by atoms with van der Waals surface area (Å²) >= 11 is 0. The lowest BCUT2D eigenvalue weighted by atomic mass is 9.96. The summed E-state index contributed by atoms with van der Waals surface area (Å²) in [6, 6.07) is 0.652. The number of nitrogens with zero attached hydrogens (tertiary/aromatic N) is 2. The first-order valence-electron chi connectivity index (χ1n) is 8.09. The predicted octanol–water partition coefficient (Wildman–Crippen LogP) is 1.42. The van der Waals surface area contributed by atoms with Gasteiger partial charge in [-0.05, 0) is 25.7 Å². The van der Waals surface area contributed by atoms with E-state index < -0.39 is 5.54 Å². The molecule has 2 heterocycles. The van der Waals surface area contributed by atoms with E-state index in [1.54, 1.807) is 0 Å². The summed E-state index contributed by atoms with van der Waals surface area (Å²) in [5.41, 5.74) is 5.73. The van der Waals surface area contributed by atoms with Crippen molar-refractivity contribution in [2.75, 3.05) is 39.4 Å². The molecule has 1 saturated carbocycles. The van der Waals surface area contributed by atoms with Crippen LogP contribution in [-0.2, 0) is 9.53 Å². The highest BCUT2D eigenvalue weighted by atomic mass is 35.5. The Morgan fingerprint density at radius 2 is 1.55 bits per heavy atom. The Bertz CT molecular complexity index is 351. The number of halogens is 2. The summed E-state index contributed by atoms with van der Waals surface area (Å²) < 4.78 is 5.42. The van der Waals surface area contributed by atoms with Crippen LogP contribution in [0.25, 0.3) is 0 Å². The second kappa shape index (κ2) is 8.69. The lowest BCUT2D eigenvalue weighted by molar-refractivity contribution is -0.139. The van der Waals surface area contributed by atoms with Crippen molar-refractivity contribution < 1.29 is 9.53 Å². The van der Waals surface area contributed by atoms with Gasteiger partial charge >= 0.3 is 0 Å². The minimum atomic E-state index is -0.555. The van der Waals surface area contributed by atoms with E-state index in [2.05, 4.69) is 4.90 Å². The second-order valence-electron chi connectivity index (χ2n) is 6.53. The fourth-order valence-corrected chi connectivity index (χ4v) is 3.88. The third kappa shape index (κ3) is 4.26. The maximum absolute atomic E-state index is 12.6. The van der Waals surface area contributed by atoms with Crippen LogP contribution in [0, 0.1) is 0 Å². The number of ether oxygens (including phenoxy) is 1. The summed E-state index contributed by atoms with van der Waals surface area (Å²) in [5.74, 6) is 0.196. The van der Waals surface area contributed by atoms with Gasteiger partial charge in [0.25, 0.3) is 0 Å². The quantitative estimate of drug-likeness (QED) is 0.815. The molecule has 3 aliphatic rings. The van der Waals surface area contributed by atoms with E-state index in [9.17, 15) is 4.79 Å². The van der Waals surface area contributed by atoms with E-state index in [1.807, 2.05) is 4.90 Å². The monoisotopic (exact) mass is 353 g/mol. The number of nitrogens with two attached hydrogens (primary N) is 1.